The fourth-order valence-corrected chi connectivity index (χ4v) is 1.29. The molecular weight excluding hydrogens is 247 g/mol. The SMILES string of the molecule is NCc1cccc(CNC(=O)NCC(F)(F)F)c1. The summed E-state index contributed by atoms with van der Waals surface area (Å²) in [5.41, 5.74) is 7.12. The van der Waals surface area contributed by atoms with Crippen LogP contribution in [0.1, 0.15) is 11.1 Å². The summed E-state index contributed by atoms with van der Waals surface area (Å²) in [7, 11) is 0. The molecule has 1 rings (SSSR count). The van der Waals surface area contributed by atoms with Gasteiger partial charge in [0.05, 0.1) is 0 Å². The van der Waals surface area contributed by atoms with Gasteiger partial charge in [-0.2, -0.15) is 13.2 Å². The Labute approximate surface area is 102 Å². The summed E-state index contributed by atoms with van der Waals surface area (Å²) in [5.74, 6) is 0. The molecule has 0 heterocycles. The summed E-state index contributed by atoms with van der Waals surface area (Å²) >= 11 is 0. The third kappa shape index (κ3) is 5.53. The van der Waals surface area contributed by atoms with Crippen LogP contribution in [0.25, 0.3) is 0 Å². The number of nitrogens with two attached hydrogens (primary N) is 1. The van der Waals surface area contributed by atoms with Crippen molar-refractivity contribution in [1.82, 2.24) is 10.6 Å². The van der Waals surface area contributed by atoms with Gasteiger partial charge in [0.1, 0.15) is 6.54 Å². The zero-order chi connectivity index (χ0) is 13.6. The molecule has 0 aliphatic carbocycles. The molecule has 0 aliphatic rings. The molecule has 0 bridgehead atoms. The Morgan fingerprint density at radius 1 is 1.22 bits per heavy atom. The minimum absolute atomic E-state index is 0.150. The van der Waals surface area contributed by atoms with E-state index in [-0.39, 0.29) is 6.54 Å². The number of amides is 2. The summed E-state index contributed by atoms with van der Waals surface area (Å²) in [4.78, 5) is 11.1. The highest BCUT2D eigenvalue weighted by molar-refractivity contribution is 5.73. The van der Waals surface area contributed by atoms with Crippen molar-refractivity contribution in [2.24, 2.45) is 5.73 Å². The minimum Gasteiger partial charge on any atom is -0.334 e. The lowest BCUT2D eigenvalue weighted by molar-refractivity contribution is -0.122. The fourth-order valence-electron chi connectivity index (χ4n) is 1.29. The van der Waals surface area contributed by atoms with Gasteiger partial charge in [-0.25, -0.2) is 4.79 Å². The van der Waals surface area contributed by atoms with Crippen LogP contribution in [0.2, 0.25) is 0 Å². The maximum atomic E-state index is 11.8. The van der Waals surface area contributed by atoms with E-state index in [4.69, 9.17) is 5.73 Å². The van der Waals surface area contributed by atoms with E-state index in [0.29, 0.717) is 6.54 Å². The summed E-state index contributed by atoms with van der Waals surface area (Å²) in [6.45, 7) is -0.826. The van der Waals surface area contributed by atoms with E-state index >= 15 is 0 Å². The monoisotopic (exact) mass is 261 g/mol. The van der Waals surface area contributed by atoms with Crippen molar-refractivity contribution in [3.63, 3.8) is 0 Å². The zero-order valence-electron chi connectivity index (χ0n) is 9.55. The maximum absolute atomic E-state index is 11.8. The molecule has 0 unspecified atom stereocenters. The Balaban J connectivity index is 2.38. The number of carbonyl (C=O) groups excluding carboxylic acids is 1. The van der Waals surface area contributed by atoms with Crippen molar-refractivity contribution in [2.45, 2.75) is 19.3 Å². The van der Waals surface area contributed by atoms with Gasteiger partial charge in [-0.1, -0.05) is 24.3 Å². The Morgan fingerprint density at radius 2 is 1.89 bits per heavy atom. The average molecular weight is 261 g/mol. The number of nitrogens with one attached hydrogen (secondary N) is 2. The predicted molar refractivity (Wildman–Crippen MR) is 60.6 cm³/mol. The van der Waals surface area contributed by atoms with Crippen LogP contribution in [0.5, 0.6) is 0 Å². The number of hydrogen-bond acceptors (Lipinski definition) is 2. The molecule has 18 heavy (non-hydrogen) atoms. The van der Waals surface area contributed by atoms with Crippen LogP contribution < -0.4 is 16.4 Å². The zero-order valence-corrected chi connectivity index (χ0v) is 9.55. The van der Waals surface area contributed by atoms with Crippen molar-refractivity contribution in [1.29, 1.82) is 0 Å². The number of carbonyl (C=O) groups is 1. The van der Waals surface area contributed by atoms with Gasteiger partial charge in [-0.3, -0.25) is 0 Å². The van der Waals surface area contributed by atoms with Crippen LogP contribution in [0.3, 0.4) is 0 Å². The molecule has 1 aromatic rings. The van der Waals surface area contributed by atoms with Gasteiger partial charge in [-0.15, -0.1) is 0 Å². The van der Waals surface area contributed by atoms with Crippen LogP contribution in [0, 0.1) is 0 Å². The van der Waals surface area contributed by atoms with Gasteiger partial charge in [0, 0.05) is 13.1 Å². The lowest BCUT2D eigenvalue weighted by atomic mass is 10.1. The van der Waals surface area contributed by atoms with Gasteiger partial charge >= 0.3 is 12.2 Å². The fraction of sp³-hybridized carbons (Fsp3) is 0.364. The molecule has 0 fully saturated rings. The summed E-state index contributed by atoms with van der Waals surface area (Å²) in [5, 5.41) is 4.05. The van der Waals surface area contributed by atoms with Crippen molar-refractivity contribution in [2.75, 3.05) is 6.54 Å². The molecule has 0 spiro atoms. The van der Waals surface area contributed by atoms with Gasteiger partial charge < -0.3 is 16.4 Å². The first-order valence-corrected chi connectivity index (χ1v) is 5.27. The lowest BCUT2D eigenvalue weighted by Crippen LogP contribution is -2.40. The second-order valence-corrected chi connectivity index (χ2v) is 3.68. The molecule has 100 valence electrons. The predicted octanol–water partition coefficient (Wildman–Crippen LogP) is 1.51. The second kappa shape index (κ2) is 6.25. The highest BCUT2D eigenvalue weighted by atomic mass is 19.4. The van der Waals surface area contributed by atoms with Gasteiger partial charge in [0.15, 0.2) is 0 Å². The van der Waals surface area contributed by atoms with Crippen molar-refractivity contribution in [3.05, 3.63) is 35.4 Å². The van der Waals surface area contributed by atoms with Crippen LogP contribution in [0.4, 0.5) is 18.0 Å². The molecule has 0 saturated heterocycles. The smallest absolute Gasteiger partial charge is 0.334 e. The molecule has 4 N–H and O–H groups in total. The van der Waals surface area contributed by atoms with Crippen molar-refractivity contribution >= 4 is 6.03 Å². The van der Waals surface area contributed by atoms with E-state index in [9.17, 15) is 18.0 Å². The van der Waals surface area contributed by atoms with E-state index in [1.165, 1.54) is 0 Å². The molecular formula is C11H14F3N3O. The Bertz CT molecular complexity index is 407. The molecule has 2 amide bonds. The van der Waals surface area contributed by atoms with Gasteiger partial charge in [0.25, 0.3) is 0 Å². The number of halogens is 3. The summed E-state index contributed by atoms with van der Waals surface area (Å²) < 4.78 is 35.5. The topological polar surface area (TPSA) is 67.1 Å². The first-order valence-electron chi connectivity index (χ1n) is 5.27. The number of alkyl halides is 3. The van der Waals surface area contributed by atoms with E-state index < -0.39 is 18.8 Å². The summed E-state index contributed by atoms with van der Waals surface area (Å²) in [6.07, 6.45) is -4.41. The number of rotatable bonds is 4. The van der Waals surface area contributed by atoms with Crippen molar-refractivity contribution in [3.8, 4) is 0 Å². The first-order chi connectivity index (χ1) is 8.40. The van der Waals surface area contributed by atoms with Crippen molar-refractivity contribution < 1.29 is 18.0 Å². The third-order valence-corrected chi connectivity index (χ3v) is 2.13. The van der Waals surface area contributed by atoms with E-state index in [1.807, 2.05) is 6.07 Å². The lowest BCUT2D eigenvalue weighted by Gasteiger charge is -2.10. The molecule has 0 aliphatic heterocycles. The molecule has 7 heteroatoms. The van der Waals surface area contributed by atoms with E-state index in [1.54, 1.807) is 23.5 Å². The largest absolute Gasteiger partial charge is 0.405 e. The minimum atomic E-state index is -4.41. The number of hydrogen-bond donors (Lipinski definition) is 3. The van der Waals surface area contributed by atoms with Crippen LogP contribution in [-0.4, -0.2) is 18.8 Å². The molecule has 0 atom stereocenters. The number of benzene rings is 1. The maximum Gasteiger partial charge on any atom is 0.405 e. The van der Waals surface area contributed by atoms with Crippen LogP contribution >= 0.6 is 0 Å². The molecule has 1 aromatic carbocycles. The quantitative estimate of drug-likeness (QED) is 0.769. The van der Waals surface area contributed by atoms with Gasteiger partial charge in [0.2, 0.25) is 0 Å². The number of urea groups is 1. The third-order valence-electron chi connectivity index (χ3n) is 2.13. The van der Waals surface area contributed by atoms with Crippen LogP contribution in [0.15, 0.2) is 24.3 Å². The summed E-state index contributed by atoms with van der Waals surface area (Å²) in [6, 6.07) is 6.28. The molecule has 4 nitrogen and oxygen atoms in total. The Hall–Kier alpha value is -1.76. The normalized spacial score (nSPS) is 11.1. The van der Waals surface area contributed by atoms with Crippen LogP contribution in [-0.2, 0) is 13.1 Å². The molecule has 0 saturated carbocycles. The van der Waals surface area contributed by atoms with E-state index in [2.05, 4.69) is 5.32 Å². The molecule has 0 aromatic heterocycles. The highest BCUT2D eigenvalue weighted by Crippen LogP contribution is 2.12. The standard InChI is InChI=1S/C11H14F3N3O/c12-11(13,14)7-17-10(18)16-6-9-3-1-2-8(4-9)5-15/h1-4H,5-7,15H2,(H2,16,17,18). The second-order valence-electron chi connectivity index (χ2n) is 3.68. The molecule has 0 radical (unpaired) electrons. The van der Waals surface area contributed by atoms with E-state index in [0.717, 1.165) is 11.1 Å². The highest BCUT2D eigenvalue weighted by Gasteiger charge is 2.27. The Kier molecular flexibility index (Phi) is 4.96. The average Bonchev–Trinajstić information content (AvgIpc) is 2.33. The first kappa shape index (κ1) is 14.3. The van der Waals surface area contributed by atoms with Gasteiger partial charge in [-0.05, 0) is 11.1 Å². The Morgan fingerprint density at radius 3 is 2.50 bits per heavy atom.